The van der Waals surface area contributed by atoms with Gasteiger partial charge in [-0.1, -0.05) is 0 Å². The number of methoxy groups -OCH3 is 1. The number of benzene rings is 3. The van der Waals surface area contributed by atoms with Crippen LogP contribution < -0.4 is 19.9 Å². The Kier molecular flexibility index (Phi) is 3.97. The Morgan fingerprint density at radius 2 is 1.82 bits per heavy atom. The van der Waals surface area contributed by atoms with E-state index in [1.54, 1.807) is 13.2 Å². The minimum absolute atomic E-state index is 0.0951. The van der Waals surface area contributed by atoms with Crippen molar-refractivity contribution in [2.24, 2.45) is 11.8 Å². The molecule has 3 aromatic carbocycles. The minimum atomic E-state index is -0.289. The molecule has 8 nitrogen and oxygen atoms in total. The number of carbonyl (C=O) groups excluding carboxylic acids is 1. The lowest BCUT2D eigenvalue weighted by Gasteiger charge is -2.33. The number of fused-ring (bicyclic) bond motifs is 5. The highest BCUT2D eigenvalue weighted by molar-refractivity contribution is 5.91. The predicted octanol–water partition coefficient (Wildman–Crippen LogP) is 3.58. The molecule has 4 aromatic rings. The summed E-state index contributed by atoms with van der Waals surface area (Å²) in [5.41, 5.74) is 12.5. The van der Waals surface area contributed by atoms with E-state index in [0.29, 0.717) is 40.3 Å². The van der Waals surface area contributed by atoms with Gasteiger partial charge >= 0.3 is 5.97 Å². The second-order valence-electron chi connectivity index (χ2n) is 9.06. The van der Waals surface area contributed by atoms with Crippen molar-refractivity contribution in [2.45, 2.75) is 12.3 Å². The largest absolute Gasteiger partial charge is 0.494 e. The number of ether oxygens (including phenoxy) is 4. The summed E-state index contributed by atoms with van der Waals surface area (Å²) in [4.78, 5) is 22.5. The van der Waals surface area contributed by atoms with Crippen molar-refractivity contribution in [3.63, 3.8) is 0 Å². The highest BCUT2D eigenvalue weighted by atomic mass is 16.7. The molecule has 1 aliphatic carbocycles. The van der Waals surface area contributed by atoms with Crippen LogP contribution >= 0.6 is 0 Å². The molecule has 0 amide bonds. The van der Waals surface area contributed by atoms with Gasteiger partial charge in [-0.3, -0.25) is 4.79 Å². The average Bonchev–Trinajstić information content (AvgIpc) is 3.45. The van der Waals surface area contributed by atoms with Crippen LogP contribution in [0.3, 0.4) is 0 Å². The van der Waals surface area contributed by atoms with Crippen LogP contribution in [0.1, 0.15) is 22.6 Å². The van der Waals surface area contributed by atoms with E-state index in [4.69, 9.17) is 34.6 Å². The van der Waals surface area contributed by atoms with Gasteiger partial charge in [0.25, 0.3) is 0 Å². The van der Waals surface area contributed by atoms with E-state index in [9.17, 15) is 4.79 Å². The molecule has 3 heterocycles. The number of esters is 1. The van der Waals surface area contributed by atoms with Gasteiger partial charge in [0.15, 0.2) is 11.5 Å². The molecule has 0 bridgehead atoms. The minimum Gasteiger partial charge on any atom is -0.494 e. The van der Waals surface area contributed by atoms with E-state index in [2.05, 4.69) is 0 Å². The van der Waals surface area contributed by atoms with Crippen molar-refractivity contribution < 1.29 is 23.7 Å². The molecule has 0 radical (unpaired) electrons. The molecule has 3 atom stereocenters. The first-order chi connectivity index (χ1) is 16.6. The van der Waals surface area contributed by atoms with Crippen LogP contribution in [0, 0.1) is 11.8 Å². The van der Waals surface area contributed by atoms with Crippen molar-refractivity contribution >= 4 is 33.7 Å². The number of hydrogen-bond acceptors (Lipinski definition) is 8. The first-order valence-corrected chi connectivity index (χ1v) is 11.2. The molecule has 2 N–H and O–H groups in total. The van der Waals surface area contributed by atoms with Crippen LogP contribution in [0.5, 0.6) is 17.2 Å². The van der Waals surface area contributed by atoms with E-state index in [1.165, 1.54) is 0 Å². The summed E-state index contributed by atoms with van der Waals surface area (Å²) in [6.45, 7) is 0.624. The number of carbonyl (C=O) groups is 1. The van der Waals surface area contributed by atoms with Gasteiger partial charge in [-0.2, -0.15) is 0 Å². The van der Waals surface area contributed by atoms with Crippen LogP contribution in [0.4, 0.5) is 5.69 Å². The molecule has 0 unspecified atom stereocenters. The third kappa shape index (κ3) is 2.74. The smallest absolute Gasteiger partial charge is 0.310 e. The molecule has 8 heteroatoms. The molecule has 34 heavy (non-hydrogen) atoms. The lowest BCUT2D eigenvalue weighted by atomic mass is 9.67. The monoisotopic (exact) mass is 455 g/mol. The van der Waals surface area contributed by atoms with Crippen LogP contribution in [0.25, 0.3) is 22.1 Å². The molecule has 1 fully saturated rings. The molecular weight excluding hydrogens is 434 g/mol. The van der Waals surface area contributed by atoms with Gasteiger partial charge in [-0.25, -0.2) is 9.97 Å². The first-order valence-electron chi connectivity index (χ1n) is 11.2. The number of nitrogens with zero attached hydrogens (tertiary/aromatic N) is 2. The molecule has 7 rings (SSSR count). The van der Waals surface area contributed by atoms with Gasteiger partial charge in [0, 0.05) is 17.5 Å². The highest BCUT2D eigenvalue weighted by Gasteiger charge is 2.48. The van der Waals surface area contributed by atoms with Gasteiger partial charge in [0.1, 0.15) is 11.3 Å². The van der Waals surface area contributed by atoms with Gasteiger partial charge < -0.3 is 24.7 Å². The standard InChI is InChI=1S/C26H21N3O5/c1-31-22-7-13(5-19-25(22)29-18-8-15(27)2-3-17(18)28-19)23-16-9-21-20(33-11-34-21)6-12(16)4-14-10-32-26(30)24(14)23/h2-3,5-9,14,23-24H,4,10-11,27H2,1H3/t14-,23+,24-/m0/s1. The third-order valence-corrected chi connectivity index (χ3v) is 7.16. The molecule has 2 aliphatic heterocycles. The van der Waals surface area contributed by atoms with Crippen molar-refractivity contribution in [3.05, 3.63) is 59.2 Å². The summed E-state index contributed by atoms with van der Waals surface area (Å²) in [6.07, 6.45) is 0.759. The summed E-state index contributed by atoms with van der Waals surface area (Å²) in [5, 5.41) is 0. The SMILES string of the molecule is COc1cc([C@@H]2c3cc4c(cc3C[C@H]3COC(=O)[C@@H]32)OCO4)cc2nc3ccc(N)cc3nc12. The number of aromatic nitrogens is 2. The Morgan fingerprint density at radius 3 is 2.68 bits per heavy atom. The number of cyclic esters (lactones) is 1. The quantitative estimate of drug-likeness (QED) is 0.278. The fraction of sp³-hybridized carbons (Fsp3) is 0.269. The summed E-state index contributed by atoms with van der Waals surface area (Å²) >= 11 is 0. The average molecular weight is 455 g/mol. The van der Waals surface area contributed by atoms with Crippen molar-refractivity contribution in [1.82, 2.24) is 9.97 Å². The topological polar surface area (TPSA) is 106 Å². The van der Waals surface area contributed by atoms with Crippen molar-refractivity contribution in [2.75, 3.05) is 26.2 Å². The first kappa shape index (κ1) is 19.4. The van der Waals surface area contributed by atoms with Crippen LogP contribution in [0.2, 0.25) is 0 Å². The molecule has 1 aromatic heterocycles. The van der Waals surface area contributed by atoms with Gasteiger partial charge in [-0.15, -0.1) is 0 Å². The van der Waals surface area contributed by atoms with E-state index < -0.39 is 0 Å². The van der Waals surface area contributed by atoms with Gasteiger partial charge in [-0.05, 0) is 65.6 Å². The zero-order valence-corrected chi connectivity index (χ0v) is 18.4. The normalized spacial score (nSPS) is 22.5. The zero-order valence-electron chi connectivity index (χ0n) is 18.4. The molecule has 1 saturated heterocycles. The predicted molar refractivity (Wildman–Crippen MR) is 124 cm³/mol. The highest BCUT2D eigenvalue weighted by Crippen LogP contribution is 2.51. The Labute approximate surface area is 194 Å². The Hall–Kier alpha value is -4.07. The zero-order chi connectivity index (χ0) is 23.0. The maximum absolute atomic E-state index is 12.9. The molecule has 0 saturated carbocycles. The fourth-order valence-electron chi connectivity index (χ4n) is 5.63. The van der Waals surface area contributed by atoms with Gasteiger partial charge in [0.2, 0.25) is 6.79 Å². The summed E-state index contributed by atoms with van der Waals surface area (Å²) < 4.78 is 22.5. The summed E-state index contributed by atoms with van der Waals surface area (Å²) in [6, 6.07) is 13.5. The number of hydrogen-bond donors (Lipinski definition) is 1. The van der Waals surface area contributed by atoms with Crippen LogP contribution in [-0.4, -0.2) is 36.4 Å². The van der Waals surface area contributed by atoms with E-state index in [1.807, 2.05) is 36.4 Å². The Morgan fingerprint density at radius 1 is 0.971 bits per heavy atom. The lowest BCUT2D eigenvalue weighted by Crippen LogP contribution is -2.31. The molecular formula is C26H21N3O5. The second-order valence-corrected chi connectivity index (χ2v) is 9.06. The second kappa shape index (κ2) is 6.96. The van der Waals surface area contributed by atoms with Crippen LogP contribution in [-0.2, 0) is 16.0 Å². The molecule has 170 valence electrons. The van der Waals surface area contributed by atoms with E-state index in [0.717, 1.165) is 34.4 Å². The number of rotatable bonds is 2. The maximum atomic E-state index is 12.9. The summed E-state index contributed by atoms with van der Waals surface area (Å²) in [5.74, 6) is 1.46. The number of nitrogen functional groups attached to an aromatic ring is 1. The van der Waals surface area contributed by atoms with Crippen molar-refractivity contribution in [1.29, 1.82) is 0 Å². The van der Waals surface area contributed by atoms with E-state index >= 15 is 0 Å². The van der Waals surface area contributed by atoms with Crippen molar-refractivity contribution in [3.8, 4) is 17.2 Å². The molecule has 3 aliphatic rings. The Bertz CT molecular complexity index is 1520. The fourth-order valence-corrected chi connectivity index (χ4v) is 5.63. The van der Waals surface area contributed by atoms with Crippen LogP contribution in [0.15, 0.2) is 42.5 Å². The molecule has 0 spiro atoms. The third-order valence-electron chi connectivity index (χ3n) is 7.16. The number of nitrogens with two attached hydrogens (primary N) is 1. The summed E-state index contributed by atoms with van der Waals surface area (Å²) in [7, 11) is 1.61. The number of anilines is 1. The van der Waals surface area contributed by atoms with Gasteiger partial charge in [0.05, 0.1) is 36.2 Å². The van der Waals surface area contributed by atoms with E-state index in [-0.39, 0.29) is 30.5 Å². The lowest BCUT2D eigenvalue weighted by molar-refractivity contribution is -0.141. The Balaban J connectivity index is 1.47. The maximum Gasteiger partial charge on any atom is 0.310 e.